The Labute approximate surface area is 155 Å². The molecule has 26 heavy (non-hydrogen) atoms. The summed E-state index contributed by atoms with van der Waals surface area (Å²) in [6, 6.07) is 6.30. The second-order valence-electron chi connectivity index (χ2n) is 7.39. The second-order valence-corrected chi connectivity index (χ2v) is 9.33. The predicted octanol–water partition coefficient (Wildman–Crippen LogP) is 2.93. The Balaban J connectivity index is 2.01. The van der Waals surface area contributed by atoms with Crippen LogP contribution in [0.15, 0.2) is 29.2 Å². The number of hydroxylamine groups is 1. The molecule has 2 rings (SSSR count). The van der Waals surface area contributed by atoms with Gasteiger partial charge in [0.05, 0.1) is 11.0 Å². The molecule has 7 nitrogen and oxygen atoms in total. The molecule has 0 aliphatic heterocycles. The highest BCUT2D eigenvalue weighted by molar-refractivity contribution is 7.89. The minimum Gasteiger partial charge on any atom is -0.459 e. The van der Waals surface area contributed by atoms with Gasteiger partial charge in [-0.25, -0.2) is 8.42 Å². The molecule has 0 amide bonds. The number of carbonyl (C=O) groups excluding carboxylic acids is 1. The van der Waals surface area contributed by atoms with Crippen molar-refractivity contribution in [3.8, 4) is 0 Å². The zero-order valence-electron chi connectivity index (χ0n) is 15.8. The Morgan fingerprint density at radius 1 is 1.27 bits per heavy atom. The Bertz CT molecular complexity index is 721. The van der Waals surface area contributed by atoms with Gasteiger partial charge in [0, 0.05) is 12.7 Å². The van der Waals surface area contributed by atoms with E-state index in [9.17, 15) is 13.2 Å². The van der Waals surface area contributed by atoms with E-state index in [1.54, 1.807) is 32.9 Å². The standard InChI is InChI=1S/C18H28N2O5S/c1-18(2,3)24-17(21)13-19-14-8-7-11-16(12-14)26(22,23)20(4)25-15-9-5-6-10-15/h7-8,11-12,15,19H,5-6,9-10,13H2,1-4H3. The first-order valence-corrected chi connectivity index (χ1v) is 10.2. The average molecular weight is 384 g/mol. The fourth-order valence-corrected chi connectivity index (χ4v) is 3.79. The molecule has 146 valence electrons. The van der Waals surface area contributed by atoms with Gasteiger partial charge in [-0.15, -0.1) is 0 Å². The SMILES string of the molecule is CN(OC1CCCC1)S(=O)(=O)c1cccc(NCC(=O)OC(C)(C)C)c1. The lowest BCUT2D eigenvalue weighted by Crippen LogP contribution is -2.31. The molecule has 1 aromatic rings. The van der Waals surface area contributed by atoms with Crippen LogP contribution in [-0.4, -0.2) is 44.2 Å². The van der Waals surface area contributed by atoms with Gasteiger partial charge in [0.25, 0.3) is 10.0 Å². The number of anilines is 1. The molecule has 0 heterocycles. The van der Waals surface area contributed by atoms with E-state index >= 15 is 0 Å². The predicted molar refractivity (Wildman–Crippen MR) is 99.1 cm³/mol. The summed E-state index contributed by atoms with van der Waals surface area (Å²) >= 11 is 0. The topological polar surface area (TPSA) is 84.9 Å². The minimum absolute atomic E-state index is 0.0464. The van der Waals surface area contributed by atoms with E-state index in [4.69, 9.17) is 9.57 Å². The number of sulfonamides is 1. The molecule has 1 N–H and O–H groups in total. The van der Waals surface area contributed by atoms with Crippen LogP contribution in [0.4, 0.5) is 5.69 Å². The molecule has 8 heteroatoms. The molecule has 1 saturated carbocycles. The van der Waals surface area contributed by atoms with E-state index in [1.165, 1.54) is 19.2 Å². The number of hydrogen-bond acceptors (Lipinski definition) is 6. The quantitative estimate of drug-likeness (QED) is 0.575. The Morgan fingerprint density at radius 2 is 1.92 bits per heavy atom. The van der Waals surface area contributed by atoms with Crippen LogP contribution in [0.25, 0.3) is 0 Å². The van der Waals surface area contributed by atoms with E-state index < -0.39 is 21.6 Å². The van der Waals surface area contributed by atoms with Crippen molar-refractivity contribution in [2.75, 3.05) is 18.9 Å². The van der Waals surface area contributed by atoms with Gasteiger partial charge in [-0.05, 0) is 51.8 Å². The van der Waals surface area contributed by atoms with Crippen molar-refractivity contribution in [3.63, 3.8) is 0 Å². The Kier molecular flexibility index (Phi) is 6.65. The van der Waals surface area contributed by atoms with Crippen LogP contribution in [0, 0.1) is 0 Å². The monoisotopic (exact) mass is 384 g/mol. The van der Waals surface area contributed by atoms with Gasteiger partial charge < -0.3 is 10.1 Å². The summed E-state index contributed by atoms with van der Waals surface area (Å²) in [7, 11) is -2.35. The van der Waals surface area contributed by atoms with Gasteiger partial charge in [-0.1, -0.05) is 23.4 Å². The number of nitrogens with zero attached hydrogens (tertiary/aromatic N) is 1. The van der Waals surface area contributed by atoms with E-state index in [0.717, 1.165) is 30.2 Å². The van der Waals surface area contributed by atoms with Crippen LogP contribution in [0.2, 0.25) is 0 Å². The second kappa shape index (κ2) is 8.37. The molecule has 1 aliphatic rings. The maximum atomic E-state index is 12.7. The number of esters is 1. The molecule has 1 aromatic carbocycles. The highest BCUT2D eigenvalue weighted by Crippen LogP contribution is 2.25. The van der Waals surface area contributed by atoms with Crippen molar-refractivity contribution in [2.45, 2.75) is 63.1 Å². The first-order chi connectivity index (χ1) is 12.1. The highest BCUT2D eigenvalue weighted by atomic mass is 32.2. The zero-order valence-corrected chi connectivity index (χ0v) is 16.6. The van der Waals surface area contributed by atoms with Crippen molar-refractivity contribution in [1.82, 2.24) is 4.47 Å². The maximum absolute atomic E-state index is 12.7. The van der Waals surface area contributed by atoms with Crippen LogP contribution in [-0.2, 0) is 24.4 Å². The van der Waals surface area contributed by atoms with Crippen LogP contribution in [0.5, 0.6) is 0 Å². The molecule has 0 spiro atoms. The smallest absolute Gasteiger partial charge is 0.325 e. The van der Waals surface area contributed by atoms with E-state index in [2.05, 4.69) is 5.32 Å². The van der Waals surface area contributed by atoms with Crippen LogP contribution in [0.3, 0.4) is 0 Å². The van der Waals surface area contributed by atoms with Crippen molar-refractivity contribution in [2.24, 2.45) is 0 Å². The number of hydrogen-bond donors (Lipinski definition) is 1. The molecule has 0 saturated heterocycles. The molecular weight excluding hydrogens is 356 g/mol. The summed E-state index contributed by atoms with van der Waals surface area (Å²) in [5.41, 5.74) is -0.0456. The maximum Gasteiger partial charge on any atom is 0.325 e. The van der Waals surface area contributed by atoms with E-state index in [1.807, 2.05) is 0 Å². The van der Waals surface area contributed by atoms with Crippen molar-refractivity contribution >= 4 is 21.7 Å². The third-order valence-electron chi connectivity index (χ3n) is 3.93. The van der Waals surface area contributed by atoms with E-state index in [0.29, 0.717) is 5.69 Å². The fourth-order valence-electron chi connectivity index (χ4n) is 2.73. The number of benzene rings is 1. The van der Waals surface area contributed by atoms with Crippen LogP contribution < -0.4 is 5.32 Å². The summed E-state index contributed by atoms with van der Waals surface area (Å²) in [5, 5.41) is 2.89. The number of rotatable bonds is 7. The molecule has 0 bridgehead atoms. The number of nitrogens with one attached hydrogen (secondary N) is 1. The van der Waals surface area contributed by atoms with Crippen LogP contribution in [0.1, 0.15) is 46.5 Å². The molecule has 0 atom stereocenters. The normalized spacial score (nSPS) is 16.0. The average Bonchev–Trinajstić information content (AvgIpc) is 3.04. The van der Waals surface area contributed by atoms with Gasteiger partial charge in [0.2, 0.25) is 0 Å². The Morgan fingerprint density at radius 3 is 2.54 bits per heavy atom. The van der Waals surface area contributed by atoms with Crippen molar-refractivity contribution < 1.29 is 22.8 Å². The summed E-state index contributed by atoms with van der Waals surface area (Å²) in [4.78, 5) is 17.5. The molecule has 1 fully saturated rings. The lowest BCUT2D eigenvalue weighted by Gasteiger charge is -2.21. The van der Waals surface area contributed by atoms with Gasteiger partial charge in [0.1, 0.15) is 12.1 Å². The van der Waals surface area contributed by atoms with Gasteiger partial charge in [-0.2, -0.15) is 0 Å². The van der Waals surface area contributed by atoms with Gasteiger partial charge in [0.15, 0.2) is 0 Å². The van der Waals surface area contributed by atoms with Crippen LogP contribution >= 0.6 is 0 Å². The molecule has 0 unspecified atom stereocenters. The lowest BCUT2D eigenvalue weighted by atomic mass is 10.2. The largest absolute Gasteiger partial charge is 0.459 e. The summed E-state index contributed by atoms with van der Waals surface area (Å²) in [6.07, 6.45) is 3.81. The third-order valence-corrected chi connectivity index (χ3v) is 5.54. The third kappa shape index (κ3) is 5.96. The van der Waals surface area contributed by atoms with Crippen molar-refractivity contribution in [3.05, 3.63) is 24.3 Å². The first kappa shape index (κ1) is 20.7. The molecule has 0 radical (unpaired) electrons. The lowest BCUT2D eigenvalue weighted by molar-refractivity contribution is -0.152. The zero-order chi connectivity index (χ0) is 19.4. The molecular formula is C18H28N2O5S. The Hall–Kier alpha value is -1.64. The molecule has 0 aromatic heterocycles. The molecule has 1 aliphatic carbocycles. The van der Waals surface area contributed by atoms with Crippen molar-refractivity contribution in [1.29, 1.82) is 0 Å². The van der Waals surface area contributed by atoms with Gasteiger partial charge >= 0.3 is 5.97 Å². The van der Waals surface area contributed by atoms with E-state index in [-0.39, 0.29) is 17.5 Å². The summed E-state index contributed by atoms with van der Waals surface area (Å²) in [6.45, 7) is 5.32. The van der Waals surface area contributed by atoms with Gasteiger partial charge in [-0.3, -0.25) is 9.63 Å². The highest BCUT2D eigenvalue weighted by Gasteiger charge is 2.26. The summed E-state index contributed by atoms with van der Waals surface area (Å²) < 4.78 is 31.5. The summed E-state index contributed by atoms with van der Waals surface area (Å²) in [5.74, 6) is -0.410. The first-order valence-electron chi connectivity index (χ1n) is 8.79. The number of carbonyl (C=O) groups is 1. The minimum atomic E-state index is -3.76. The fraction of sp³-hybridized carbons (Fsp3) is 0.611. The number of ether oxygens (including phenoxy) is 1.